The summed E-state index contributed by atoms with van der Waals surface area (Å²) in [6.45, 7) is 0. The smallest absolute Gasteiger partial charge is 0.164 e. The molecule has 9 aromatic carbocycles. The van der Waals surface area contributed by atoms with Crippen LogP contribution in [0.4, 0.5) is 0 Å². The number of nitrogens with zero attached hydrogens (tertiary/aromatic N) is 7. The van der Waals surface area contributed by atoms with Gasteiger partial charge in [0.05, 0.1) is 22.1 Å². The first-order valence-corrected chi connectivity index (χ1v) is 20.7. The summed E-state index contributed by atoms with van der Waals surface area (Å²) in [5, 5.41) is 4.15. The zero-order valence-corrected chi connectivity index (χ0v) is 33.3. The summed E-state index contributed by atoms with van der Waals surface area (Å²) in [7, 11) is 0. The Morgan fingerprint density at radius 3 is 1.05 bits per heavy atom. The Morgan fingerprint density at radius 2 is 0.597 bits per heavy atom. The topological polar surface area (TPSA) is 74.3 Å². The number of fused-ring (bicyclic) bond motifs is 4. The van der Waals surface area contributed by atoms with Crippen LogP contribution in [0.2, 0.25) is 0 Å². The van der Waals surface area contributed by atoms with Crippen LogP contribution < -0.4 is 0 Å². The van der Waals surface area contributed by atoms with E-state index >= 15 is 0 Å². The monoisotopic (exact) mass is 793 g/mol. The van der Waals surface area contributed by atoms with Crippen LogP contribution >= 0.6 is 0 Å². The van der Waals surface area contributed by atoms with Crippen LogP contribution in [-0.2, 0) is 0 Å². The molecule has 0 spiro atoms. The van der Waals surface area contributed by atoms with Gasteiger partial charge in [-0.05, 0) is 94.3 Å². The molecule has 0 atom stereocenters. The van der Waals surface area contributed by atoms with Gasteiger partial charge in [0.2, 0.25) is 0 Å². The third kappa shape index (κ3) is 5.86. The Bertz CT molecular complexity index is 3410. The number of rotatable bonds is 7. The average molecular weight is 794 g/mol. The van der Waals surface area contributed by atoms with Gasteiger partial charge in [0.25, 0.3) is 0 Å². The van der Waals surface area contributed by atoms with Crippen LogP contribution in [0, 0.1) is 0 Å². The summed E-state index contributed by atoms with van der Waals surface area (Å²) in [4.78, 5) is 26.2. The molecule has 0 N–H and O–H groups in total. The minimum absolute atomic E-state index is 0.590. The maximum absolute atomic E-state index is 5.34. The first-order valence-electron chi connectivity index (χ1n) is 20.7. The second kappa shape index (κ2) is 14.6. The number of imidazole rings is 2. The van der Waals surface area contributed by atoms with Gasteiger partial charge in [-0.1, -0.05) is 140 Å². The van der Waals surface area contributed by atoms with Gasteiger partial charge in [0.15, 0.2) is 17.5 Å². The molecule has 0 fully saturated rings. The Balaban J connectivity index is 1.06. The van der Waals surface area contributed by atoms with Gasteiger partial charge in [-0.3, -0.25) is 9.13 Å². The molecule has 0 aliphatic carbocycles. The predicted molar refractivity (Wildman–Crippen MR) is 251 cm³/mol. The van der Waals surface area contributed by atoms with Crippen LogP contribution in [0.25, 0.3) is 112 Å². The van der Waals surface area contributed by atoms with Crippen LogP contribution in [0.5, 0.6) is 0 Å². The minimum atomic E-state index is 0.590. The highest BCUT2D eigenvalue weighted by Gasteiger charge is 2.22. The van der Waals surface area contributed by atoms with Crippen molar-refractivity contribution < 1.29 is 0 Å². The fourth-order valence-electron chi connectivity index (χ4n) is 8.80. The van der Waals surface area contributed by atoms with Gasteiger partial charge in [0, 0.05) is 39.2 Å². The molecule has 62 heavy (non-hydrogen) atoms. The predicted octanol–water partition coefficient (Wildman–Crippen LogP) is 13.2. The van der Waals surface area contributed by atoms with Gasteiger partial charge in [-0.2, -0.15) is 0 Å². The molecule has 0 amide bonds. The fourth-order valence-corrected chi connectivity index (χ4v) is 8.80. The van der Waals surface area contributed by atoms with Crippen LogP contribution in [0.15, 0.2) is 212 Å². The molecule has 3 aromatic heterocycles. The standard InChI is InChI=1S/C55H35N7/c1-4-18-36(19-5-1)51-58-52(43-32-34-45(41-26-12-10-24-39(41)43)54-56-47-28-14-16-30-49(47)61(54)37-20-6-2-7-21-37)60-53(59-51)44-33-35-46(42-27-13-11-25-40(42)44)55-57-48-29-15-17-31-50(48)62(55)38-22-8-3-9-23-38/h1-35H. The number of aromatic nitrogens is 7. The van der Waals surface area contributed by atoms with Crippen molar-refractivity contribution >= 4 is 43.6 Å². The van der Waals surface area contributed by atoms with E-state index in [0.29, 0.717) is 17.5 Å². The van der Waals surface area contributed by atoms with Crippen molar-refractivity contribution in [3.63, 3.8) is 0 Å². The lowest BCUT2D eigenvalue weighted by molar-refractivity contribution is 1.08. The first-order chi connectivity index (χ1) is 30.8. The van der Waals surface area contributed by atoms with E-state index in [0.717, 1.165) is 94.5 Å². The summed E-state index contributed by atoms with van der Waals surface area (Å²) in [5.41, 5.74) is 10.8. The van der Waals surface area contributed by atoms with Crippen LogP contribution in [0.3, 0.4) is 0 Å². The fraction of sp³-hybridized carbons (Fsp3) is 0. The molecule has 7 heteroatoms. The lowest BCUT2D eigenvalue weighted by Crippen LogP contribution is -2.02. The highest BCUT2D eigenvalue weighted by atomic mass is 15.1. The van der Waals surface area contributed by atoms with Gasteiger partial charge < -0.3 is 0 Å². The molecule has 12 rings (SSSR count). The summed E-state index contributed by atoms with van der Waals surface area (Å²) in [6.07, 6.45) is 0. The molecule has 3 heterocycles. The van der Waals surface area contributed by atoms with Crippen LogP contribution in [0.1, 0.15) is 0 Å². The van der Waals surface area contributed by atoms with E-state index in [-0.39, 0.29) is 0 Å². The van der Waals surface area contributed by atoms with Gasteiger partial charge in [-0.15, -0.1) is 0 Å². The lowest BCUT2D eigenvalue weighted by Gasteiger charge is -2.15. The normalized spacial score (nSPS) is 11.5. The second-order valence-electron chi connectivity index (χ2n) is 15.3. The van der Waals surface area contributed by atoms with E-state index in [2.05, 4.69) is 167 Å². The molecule has 0 aliphatic heterocycles. The maximum Gasteiger partial charge on any atom is 0.164 e. The molecule has 290 valence electrons. The molecule has 0 aliphatic rings. The van der Waals surface area contributed by atoms with Crippen molar-refractivity contribution in [2.24, 2.45) is 0 Å². The van der Waals surface area contributed by atoms with Crippen LogP contribution in [-0.4, -0.2) is 34.1 Å². The van der Waals surface area contributed by atoms with E-state index in [1.54, 1.807) is 0 Å². The maximum atomic E-state index is 5.34. The van der Waals surface area contributed by atoms with E-state index < -0.39 is 0 Å². The Hall–Kier alpha value is -8.55. The van der Waals surface area contributed by atoms with Crippen molar-refractivity contribution in [3.05, 3.63) is 212 Å². The number of hydrogen-bond acceptors (Lipinski definition) is 5. The largest absolute Gasteiger partial charge is 0.292 e. The molecule has 12 aromatic rings. The Labute approximate surface area is 356 Å². The third-order valence-electron chi connectivity index (χ3n) is 11.6. The van der Waals surface area contributed by atoms with Gasteiger partial charge >= 0.3 is 0 Å². The quantitative estimate of drug-likeness (QED) is 0.161. The third-order valence-corrected chi connectivity index (χ3v) is 11.6. The van der Waals surface area contributed by atoms with Crippen molar-refractivity contribution in [1.29, 1.82) is 0 Å². The number of benzene rings is 9. The van der Waals surface area contributed by atoms with E-state index in [1.165, 1.54) is 0 Å². The zero-order valence-electron chi connectivity index (χ0n) is 33.3. The summed E-state index contributed by atoms with van der Waals surface area (Å²) in [5.74, 6) is 3.52. The zero-order chi connectivity index (χ0) is 41.0. The highest BCUT2D eigenvalue weighted by Crippen LogP contribution is 2.40. The average Bonchev–Trinajstić information content (AvgIpc) is 3.93. The number of para-hydroxylation sites is 6. The molecule has 0 saturated heterocycles. The van der Waals surface area contributed by atoms with E-state index in [9.17, 15) is 0 Å². The van der Waals surface area contributed by atoms with E-state index in [4.69, 9.17) is 24.9 Å². The molecule has 0 bridgehead atoms. The SMILES string of the molecule is c1ccc(-c2nc(-c3ccc(-c4nc5ccccc5n4-c4ccccc4)c4ccccc34)nc(-c3ccc(-c4nc5ccccc5n4-c4ccccc4)c4ccccc34)n2)cc1. The van der Waals surface area contributed by atoms with Crippen molar-refractivity contribution in [1.82, 2.24) is 34.1 Å². The number of hydrogen-bond donors (Lipinski definition) is 0. The van der Waals surface area contributed by atoms with Crippen molar-refractivity contribution in [2.75, 3.05) is 0 Å². The molecular formula is C55H35N7. The lowest BCUT2D eigenvalue weighted by atomic mass is 9.97. The first kappa shape index (κ1) is 35.4. The Morgan fingerprint density at radius 1 is 0.258 bits per heavy atom. The highest BCUT2D eigenvalue weighted by molar-refractivity contribution is 6.06. The molecular weight excluding hydrogens is 759 g/mol. The molecule has 0 radical (unpaired) electrons. The Kier molecular flexibility index (Phi) is 8.35. The molecule has 0 unspecified atom stereocenters. The molecule has 0 saturated carbocycles. The summed E-state index contributed by atoms with van der Waals surface area (Å²) < 4.78 is 4.49. The second-order valence-corrected chi connectivity index (χ2v) is 15.3. The van der Waals surface area contributed by atoms with Gasteiger partial charge in [-0.25, -0.2) is 24.9 Å². The minimum Gasteiger partial charge on any atom is -0.292 e. The summed E-state index contributed by atoms with van der Waals surface area (Å²) >= 11 is 0. The van der Waals surface area contributed by atoms with Crippen molar-refractivity contribution in [2.45, 2.75) is 0 Å². The summed E-state index contributed by atoms with van der Waals surface area (Å²) in [6, 6.07) is 73.1. The van der Waals surface area contributed by atoms with E-state index in [1.807, 2.05) is 54.6 Å². The van der Waals surface area contributed by atoms with Gasteiger partial charge in [0.1, 0.15) is 11.6 Å². The molecule has 7 nitrogen and oxygen atoms in total. The van der Waals surface area contributed by atoms with Crippen molar-refractivity contribution in [3.8, 4) is 68.3 Å².